The molecular formula is C12H15BrN2O3. The molecule has 3 N–H and O–H groups in total. The zero-order chi connectivity index (χ0) is 13.9. The van der Waals surface area contributed by atoms with Crippen LogP contribution in [0.4, 0.5) is 10.5 Å². The molecule has 0 atom stereocenters. The van der Waals surface area contributed by atoms with Crippen molar-refractivity contribution in [3.63, 3.8) is 0 Å². The number of carboxylic acid groups (broad SMARTS) is 1. The Morgan fingerprint density at radius 3 is 2.22 bits per heavy atom. The molecule has 0 fully saturated rings. The number of hydrogen-bond donors (Lipinski definition) is 2. The minimum absolute atomic E-state index is 0.0607. The molecule has 0 unspecified atom stereocenters. The number of carbonyl (C=O) groups excluding carboxylic acids is 1. The number of rotatable bonds is 4. The van der Waals surface area contributed by atoms with Gasteiger partial charge in [0.1, 0.15) is 0 Å². The molecule has 0 bridgehead atoms. The normalized spacial score (nSPS) is 10.2. The molecule has 1 rings (SSSR count). The van der Waals surface area contributed by atoms with Crippen molar-refractivity contribution in [1.29, 1.82) is 0 Å². The first-order chi connectivity index (χ1) is 8.32. The van der Waals surface area contributed by atoms with Gasteiger partial charge < -0.3 is 10.8 Å². The van der Waals surface area contributed by atoms with E-state index in [2.05, 4.69) is 15.9 Å². The van der Waals surface area contributed by atoms with Gasteiger partial charge in [-0.25, -0.2) is 4.79 Å². The molecule has 0 saturated heterocycles. The highest BCUT2D eigenvalue weighted by atomic mass is 79.9. The van der Waals surface area contributed by atoms with Gasteiger partial charge in [0, 0.05) is 16.7 Å². The van der Waals surface area contributed by atoms with Crippen LogP contribution in [-0.2, 0) is 4.79 Å². The van der Waals surface area contributed by atoms with E-state index in [9.17, 15) is 9.59 Å². The van der Waals surface area contributed by atoms with Crippen LogP contribution in [-0.4, -0.2) is 23.7 Å². The van der Waals surface area contributed by atoms with E-state index in [1.165, 1.54) is 4.90 Å². The van der Waals surface area contributed by atoms with Crippen molar-refractivity contribution in [2.24, 2.45) is 5.73 Å². The van der Waals surface area contributed by atoms with Crippen molar-refractivity contribution in [2.75, 3.05) is 11.4 Å². The number of halogens is 1. The van der Waals surface area contributed by atoms with Crippen molar-refractivity contribution in [3.8, 4) is 0 Å². The van der Waals surface area contributed by atoms with Gasteiger partial charge in [-0.05, 0) is 37.1 Å². The summed E-state index contributed by atoms with van der Waals surface area (Å²) in [6.07, 6.45) is -0.142. The van der Waals surface area contributed by atoms with Crippen LogP contribution in [0.15, 0.2) is 16.6 Å². The minimum atomic E-state index is -0.966. The van der Waals surface area contributed by atoms with Gasteiger partial charge in [0.15, 0.2) is 0 Å². The minimum Gasteiger partial charge on any atom is -0.481 e. The fraction of sp³-hybridized carbons (Fsp3) is 0.333. The second-order valence-electron chi connectivity index (χ2n) is 4.03. The van der Waals surface area contributed by atoms with Gasteiger partial charge in [0.25, 0.3) is 0 Å². The van der Waals surface area contributed by atoms with Gasteiger partial charge in [-0.2, -0.15) is 0 Å². The average molecular weight is 315 g/mol. The van der Waals surface area contributed by atoms with Crippen LogP contribution in [0.3, 0.4) is 0 Å². The number of carbonyl (C=O) groups is 2. The maximum absolute atomic E-state index is 11.4. The lowest BCUT2D eigenvalue weighted by Gasteiger charge is -2.21. The first-order valence-electron chi connectivity index (χ1n) is 5.38. The van der Waals surface area contributed by atoms with Gasteiger partial charge in [-0.1, -0.05) is 15.9 Å². The third-order valence-electron chi connectivity index (χ3n) is 2.55. The van der Waals surface area contributed by atoms with Gasteiger partial charge in [-0.3, -0.25) is 9.69 Å². The fourth-order valence-corrected chi connectivity index (χ4v) is 1.88. The predicted octanol–water partition coefficient (Wildman–Crippen LogP) is 2.43. The first-order valence-corrected chi connectivity index (χ1v) is 6.17. The number of urea groups is 1. The SMILES string of the molecule is Cc1cc(N(CCC(=O)O)C(N)=O)cc(C)c1Br. The fourth-order valence-electron chi connectivity index (χ4n) is 1.65. The lowest BCUT2D eigenvalue weighted by molar-refractivity contribution is -0.136. The molecule has 1 aromatic carbocycles. The molecule has 18 heavy (non-hydrogen) atoms. The Labute approximate surface area is 114 Å². The van der Waals surface area contributed by atoms with Crippen molar-refractivity contribution in [3.05, 3.63) is 27.7 Å². The summed E-state index contributed by atoms with van der Waals surface area (Å²) in [6.45, 7) is 3.86. The summed E-state index contributed by atoms with van der Waals surface area (Å²) < 4.78 is 0.967. The molecule has 0 spiro atoms. The van der Waals surface area contributed by atoms with E-state index in [1.54, 1.807) is 12.1 Å². The van der Waals surface area contributed by atoms with Crippen molar-refractivity contribution < 1.29 is 14.7 Å². The Hall–Kier alpha value is -1.56. The maximum Gasteiger partial charge on any atom is 0.319 e. The molecule has 2 amide bonds. The highest BCUT2D eigenvalue weighted by Crippen LogP contribution is 2.27. The molecule has 0 radical (unpaired) electrons. The summed E-state index contributed by atoms with van der Waals surface area (Å²) in [4.78, 5) is 23.2. The van der Waals surface area contributed by atoms with E-state index < -0.39 is 12.0 Å². The standard InChI is InChI=1S/C12H15BrN2O3/c1-7-5-9(6-8(2)11(7)13)15(12(14)18)4-3-10(16)17/h5-6H,3-4H2,1-2H3,(H2,14,18)(H,16,17). The number of benzene rings is 1. The Kier molecular flexibility index (Phi) is 4.72. The van der Waals surface area contributed by atoms with Gasteiger partial charge in [0.05, 0.1) is 6.42 Å². The third-order valence-corrected chi connectivity index (χ3v) is 3.80. The molecule has 0 aromatic heterocycles. The van der Waals surface area contributed by atoms with Crippen LogP contribution in [0.25, 0.3) is 0 Å². The number of nitrogens with zero attached hydrogens (tertiary/aromatic N) is 1. The first kappa shape index (κ1) is 14.5. The van der Waals surface area contributed by atoms with Crippen molar-refractivity contribution in [2.45, 2.75) is 20.3 Å². The summed E-state index contributed by atoms with van der Waals surface area (Å²) in [5.41, 5.74) is 7.82. The molecule has 5 nitrogen and oxygen atoms in total. The van der Waals surface area contributed by atoms with Crippen molar-refractivity contribution in [1.82, 2.24) is 0 Å². The van der Waals surface area contributed by atoms with Crippen LogP contribution in [0.5, 0.6) is 0 Å². The van der Waals surface area contributed by atoms with Gasteiger partial charge in [0.2, 0.25) is 0 Å². The van der Waals surface area contributed by atoms with E-state index in [4.69, 9.17) is 10.8 Å². The topological polar surface area (TPSA) is 83.6 Å². The van der Waals surface area contributed by atoms with Crippen LogP contribution in [0.1, 0.15) is 17.5 Å². The van der Waals surface area contributed by atoms with Crippen LogP contribution >= 0.6 is 15.9 Å². The lowest BCUT2D eigenvalue weighted by atomic mass is 10.1. The second kappa shape index (κ2) is 5.86. The number of amides is 2. The molecule has 0 aliphatic carbocycles. The molecule has 98 valence electrons. The Morgan fingerprint density at radius 1 is 1.33 bits per heavy atom. The van der Waals surface area contributed by atoms with Gasteiger partial charge in [-0.15, -0.1) is 0 Å². The summed E-state index contributed by atoms with van der Waals surface area (Å²) in [5.74, 6) is -0.966. The van der Waals surface area contributed by atoms with E-state index in [1.807, 2.05) is 13.8 Å². The molecule has 1 aromatic rings. The highest BCUT2D eigenvalue weighted by molar-refractivity contribution is 9.10. The number of nitrogens with two attached hydrogens (primary N) is 1. The number of hydrogen-bond acceptors (Lipinski definition) is 2. The average Bonchev–Trinajstić information content (AvgIpc) is 2.25. The molecule has 6 heteroatoms. The quantitative estimate of drug-likeness (QED) is 0.895. The molecule has 0 aliphatic heterocycles. The Balaban J connectivity index is 3.06. The number of carboxylic acids is 1. The highest BCUT2D eigenvalue weighted by Gasteiger charge is 2.15. The summed E-state index contributed by atoms with van der Waals surface area (Å²) >= 11 is 3.43. The monoisotopic (exact) mass is 314 g/mol. The smallest absolute Gasteiger partial charge is 0.319 e. The number of anilines is 1. The zero-order valence-corrected chi connectivity index (χ0v) is 11.8. The number of primary amides is 1. The largest absolute Gasteiger partial charge is 0.481 e. The van der Waals surface area contributed by atoms with Crippen LogP contribution < -0.4 is 10.6 Å². The van der Waals surface area contributed by atoms with E-state index in [0.29, 0.717) is 5.69 Å². The predicted molar refractivity (Wildman–Crippen MR) is 72.8 cm³/mol. The van der Waals surface area contributed by atoms with Gasteiger partial charge >= 0.3 is 12.0 Å². The maximum atomic E-state index is 11.4. The summed E-state index contributed by atoms with van der Waals surface area (Å²) in [7, 11) is 0. The second-order valence-corrected chi connectivity index (χ2v) is 4.82. The van der Waals surface area contributed by atoms with Crippen LogP contribution in [0.2, 0.25) is 0 Å². The molecule has 0 saturated carbocycles. The lowest BCUT2D eigenvalue weighted by Crippen LogP contribution is -2.37. The Morgan fingerprint density at radius 2 is 1.83 bits per heavy atom. The van der Waals surface area contributed by atoms with E-state index in [-0.39, 0.29) is 13.0 Å². The van der Waals surface area contributed by atoms with E-state index in [0.717, 1.165) is 15.6 Å². The molecular weight excluding hydrogens is 300 g/mol. The molecule has 0 aliphatic rings. The third kappa shape index (κ3) is 3.46. The summed E-state index contributed by atoms with van der Waals surface area (Å²) in [6, 6.07) is 2.94. The summed E-state index contributed by atoms with van der Waals surface area (Å²) in [5, 5.41) is 8.66. The Bertz CT molecular complexity index is 465. The van der Waals surface area contributed by atoms with Crippen LogP contribution in [0, 0.1) is 13.8 Å². The molecule has 0 heterocycles. The zero-order valence-electron chi connectivity index (χ0n) is 10.2. The number of aryl methyl sites for hydroxylation is 2. The number of aliphatic carboxylic acids is 1. The van der Waals surface area contributed by atoms with E-state index >= 15 is 0 Å². The van der Waals surface area contributed by atoms with Crippen molar-refractivity contribution >= 4 is 33.6 Å².